The second kappa shape index (κ2) is 4.27. The molecule has 1 N–H and O–H groups in total. The van der Waals surface area contributed by atoms with Crippen molar-refractivity contribution in [1.82, 2.24) is 4.57 Å². The lowest BCUT2D eigenvalue weighted by molar-refractivity contribution is 0.769. The van der Waals surface area contributed by atoms with E-state index in [0.717, 1.165) is 12.2 Å². The molecule has 0 aromatic carbocycles. The van der Waals surface area contributed by atoms with E-state index in [1.807, 2.05) is 6.07 Å². The van der Waals surface area contributed by atoms with Crippen LogP contribution in [-0.4, -0.2) is 16.5 Å². The molecule has 3 nitrogen and oxygen atoms in total. The van der Waals surface area contributed by atoms with Crippen LogP contribution < -0.4 is 10.9 Å². The van der Waals surface area contributed by atoms with Crippen LogP contribution in [-0.2, 0) is 7.05 Å². The van der Waals surface area contributed by atoms with E-state index in [1.165, 1.54) is 12.8 Å². The summed E-state index contributed by atoms with van der Waals surface area (Å²) in [5.74, 6) is 0.672. The van der Waals surface area contributed by atoms with Crippen LogP contribution in [0.5, 0.6) is 0 Å². The van der Waals surface area contributed by atoms with Gasteiger partial charge in [0.25, 0.3) is 5.56 Å². The molecule has 0 aliphatic heterocycles. The largest absolute Gasteiger partial charge is 0.383 e. The van der Waals surface area contributed by atoms with Gasteiger partial charge in [0.1, 0.15) is 0 Å². The highest BCUT2D eigenvalue weighted by Crippen LogP contribution is 2.35. The zero-order valence-electron chi connectivity index (χ0n) is 8.74. The van der Waals surface area contributed by atoms with Gasteiger partial charge in [-0.3, -0.25) is 4.79 Å². The fraction of sp³-hybridized carbons (Fsp3) is 0.545. The van der Waals surface area contributed by atoms with Crippen molar-refractivity contribution in [3.8, 4) is 0 Å². The van der Waals surface area contributed by atoms with Crippen LogP contribution in [0.3, 0.4) is 0 Å². The SMILES string of the molecule is Cn1ccc(NCC(Cl)C2CC2)cc1=O. The Morgan fingerprint density at radius 1 is 1.67 bits per heavy atom. The predicted molar refractivity (Wildman–Crippen MR) is 62.5 cm³/mol. The number of aromatic nitrogens is 1. The van der Waals surface area contributed by atoms with Gasteiger partial charge in [0.2, 0.25) is 0 Å². The zero-order valence-corrected chi connectivity index (χ0v) is 9.50. The van der Waals surface area contributed by atoms with E-state index in [1.54, 1.807) is 23.9 Å². The summed E-state index contributed by atoms with van der Waals surface area (Å²) in [6, 6.07) is 3.48. The van der Waals surface area contributed by atoms with Gasteiger partial charge in [-0.05, 0) is 24.8 Å². The van der Waals surface area contributed by atoms with Crippen molar-refractivity contribution in [2.45, 2.75) is 18.2 Å². The van der Waals surface area contributed by atoms with E-state index < -0.39 is 0 Å². The average Bonchev–Trinajstić information content (AvgIpc) is 3.03. The number of halogens is 1. The topological polar surface area (TPSA) is 34.0 Å². The van der Waals surface area contributed by atoms with Crippen molar-refractivity contribution >= 4 is 17.3 Å². The molecule has 0 bridgehead atoms. The molecule has 1 heterocycles. The molecular weight excluding hydrogens is 212 g/mol. The Morgan fingerprint density at radius 3 is 3.00 bits per heavy atom. The maximum atomic E-state index is 11.3. The summed E-state index contributed by atoms with van der Waals surface area (Å²) in [6.07, 6.45) is 4.24. The van der Waals surface area contributed by atoms with Crippen LogP contribution in [0.4, 0.5) is 5.69 Å². The fourth-order valence-corrected chi connectivity index (χ4v) is 1.83. The van der Waals surface area contributed by atoms with Crippen molar-refractivity contribution in [3.63, 3.8) is 0 Å². The van der Waals surface area contributed by atoms with Gasteiger partial charge in [-0.25, -0.2) is 0 Å². The van der Waals surface area contributed by atoms with Crippen LogP contribution in [0.25, 0.3) is 0 Å². The summed E-state index contributed by atoms with van der Waals surface area (Å²) in [4.78, 5) is 11.3. The van der Waals surface area contributed by atoms with Crippen LogP contribution in [0.2, 0.25) is 0 Å². The number of hydrogen-bond donors (Lipinski definition) is 1. The molecule has 82 valence electrons. The standard InChI is InChI=1S/C11H15ClN2O/c1-14-5-4-9(6-11(14)15)13-7-10(12)8-2-3-8/h4-6,8,10,13H,2-3,7H2,1H3. The number of alkyl halides is 1. The van der Waals surface area contributed by atoms with Crippen molar-refractivity contribution in [1.29, 1.82) is 0 Å². The third-order valence-corrected chi connectivity index (χ3v) is 3.25. The number of nitrogens with one attached hydrogen (secondary N) is 1. The number of anilines is 1. The van der Waals surface area contributed by atoms with E-state index in [-0.39, 0.29) is 10.9 Å². The normalized spacial score (nSPS) is 17.5. The number of pyridine rings is 1. The quantitative estimate of drug-likeness (QED) is 0.795. The molecule has 1 aromatic rings. The van der Waals surface area contributed by atoms with Crippen molar-refractivity contribution in [2.24, 2.45) is 13.0 Å². The molecule has 1 atom stereocenters. The lowest BCUT2D eigenvalue weighted by atomic mass is 10.3. The van der Waals surface area contributed by atoms with E-state index in [4.69, 9.17) is 11.6 Å². The van der Waals surface area contributed by atoms with Crippen molar-refractivity contribution < 1.29 is 0 Å². The Balaban J connectivity index is 1.92. The minimum Gasteiger partial charge on any atom is -0.383 e. The molecular formula is C11H15ClN2O. The molecule has 1 aliphatic rings. The van der Waals surface area contributed by atoms with Crippen LogP contribution >= 0.6 is 11.6 Å². The van der Waals surface area contributed by atoms with Crippen molar-refractivity contribution in [2.75, 3.05) is 11.9 Å². The molecule has 2 rings (SSSR count). The molecule has 1 aromatic heterocycles. The molecule has 1 aliphatic carbocycles. The van der Waals surface area contributed by atoms with Gasteiger partial charge in [-0.15, -0.1) is 11.6 Å². The highest BCUT2D eigenvalue weighted by atomic mass is 35.5. The average molecular weight is 227 g/mol. The van der Waals surface area contributed by atoms with E-state index in [9.17, 15) is 4.79 Å². The molecule has 4 heteroatoms. The molecule has 1 fully saturated rings. The minimum absolute atomic E-state index is 0.00227. The molecule has 0 amide bonds. The summed E-state index contributed by atoms with van der Waals surface area (Å²) in [5.41, 5.74) is 0.849. The number of aryl methyl sites for hydroxylation is 1. The van der Waals surface area contributed by atoms with Gasteiger partial charge < -0.3 is 9.88 Å². The lowest BCUT2D eigenvalue weighted by Crippen LogP contribution is -2.19. The first-order valence-corrected chi connectivity index (χ1v) is 5.65. The minimum atomic E-state index is -0.00227. The summed E-state index contributed by atoms with van der Waals surface area (Å²) in [7, 11) is 1.74. The van der Waals surface area contributed by atoms with Gasteiger partial charge in [-0.2, -0.15) is 0 Å². The van der Waals surface area contributed by atoms with E-state index in [2.05, 4.69) is 5.32 Å². The Morgan fingerprint density at radius 2 is 2.40 bits per heavy atom. The molecule has 1 saturated carbocycles. The lowest BCUT2D eigenvalue weighted by Gasteiger charge is -2.10. The second-order valence-electron chi connectivity index (χ2n) is 4.10. The third kappa shape index (κ3) is 2.75. The van der Waals surface area contributed by atoms with Gasteiger partial charge in [0.15, 0.2) is 0 Å². The second-order valence-corrected chi connectivity index (χ2v) is 4.66. The maximum absolute atomic E-state index is 11.3. The Hall–Kier alpha value is -0.960. The van der Waals surface area contributed by atoms with E-state index >= 15 is 0 Å². The highest BCUT2D eigenvalue weighted by Gasteiger charge is 2.29. The molecule has 1 unspecified atom stereocenters. The third-order valence-electron chi connectivity index (χ3n) is 2.74. The first-order chi connectivity index (χ1) is 7.16. The molecule has 0 saturated heterocycles. The number of rotatable bonds is 4. The highest BCUT2D eigenvalue weighted by molar-refractivity contribution is 6.21. The Kier molecular flexibility index (Phi) is 3.00. The van der Waals surface area contributed by atoms with Crippen molar-refractivity contribution in [3.05, 3.63) is 28.7 Å². The van der Waals surface area contributed by atoms with Gasteiger partial charge in [0, 0.05) is 31.5 Å². The van der Waals surface area contributed by atoms with E-state index in [0.29, 0.717) is 5.92 Å². The predicted octanol–water partition coefficient (Wildman–Crippen LogP) is 1.81. The fourth-order valence-electron chi connectivity index (χ4n) is 1.50. The molecule has 0 spiro atoms. The van der Waals surface area contributed by atoms with Gasteiger partial charge >= 0.3 is 0 Å². The maximum Gasteiger partial charge on any atom is 0.252 e. The summed E-state index contributed by atoms with van der Waals surface area (Å²) >= 11 is 6.15. The smallest absolute Gasteiger partial charge is 0.252 e. The van der Waals surface area contributed by atoms with Gasteiger partial charge in [0.05, 0.1) is 5.38 Å². The summed E-state index contributed by atoms with van der Waals surface area (Å²) in [6.45, 7) is 0.736. The Bertz CT molecular complexity index is 398. The van der Waals surface area contributed by atoms with Crippen LogP contribution in [0.1, 0.15) is 12.8 Å². The number of hydrogen-bond acceptors (Lipinski definition) is 2. The number of nitrogens with zero attached hydrogens (tertiary/aromatic N) is 1. The first kappa shape index (κ1) is 10.6. The monoisotopic (exact) mass is 226 g/mol. The summed E-state index contributed by atoms with van der Waals surface area (Å²) < 4.78 is 1.55. The Labute approximate surface area is 94.1 Å². The molecule has 15 heavy (non-hydrogen) atoms. The van der Waals surface area contributed by atoms with Crippen LogP contribution in [0.15, 0.2) is 23.1 Å². The molecule has 0 radical (unpaired) electrons. The first-order valence-electron chi connectivity index (χ1n) is 5.21. The zero-order chi connectivity index (χ0) is 10.8. The van der Waals surface area contributed by atoms with Crippen LogP contribution in [0, 0.1) is 5.92 Å². The summed E-state index contributed by atoms with van der Waals surface area (Å²) in [5, 5.41) is 3.38. The van der Waals surface area contributed by atoms with Gasteiger partial charge in [-0.1, -0.05) is 0 Å².